The van der Waals surface area contributed by atoms with Gasteiger partial charge in [0.1, 0.15) is 6.04 Å². The second kappa shape index (κ2) is 7.38. The first kappa shape index (κ1) is 16.6. The number of likely N-dealkylation sites (tertiary alicyclic amines) is 1. The second-order valence-corrected chi connectivity index (χ2v) is 5.72. The number of carbonyl (C=O) groups excluding carboxylic acids is 2. The van der Waals surface area contributed by atoms with Gasteiger partial charge in [-0.15, -0.1) is 0 Å². The number of carboxylic acids is 1. The number of nitrogens with one attached hydrogen (secondary N) is 1. The molecule has 1 rings (SSSR count). The van der Waals surface area contributed by atoms with E-state index in [-0.39, 0.29) is 24.2 Å². The van der Waals surface area contributed by atoms with E-state index in [1.807, 2.05) is 13.8 Å². The van der Waals surface area contributed by atoms with Crippen LogP contribution in [-0.2, 0) is 14.4 Å². The lowest BCUT2D eigenvalue weighted by molar-refractivity contribution is -0.145. The molecular formula is C14H24N2O4. The molecule has 1 fully saturated rings. The van der Waals surface area contributed by atoms with Gasteiger partial charge in [-0.25, -0.2) is 0 Å². The van der Waals surface area contributed by atoms with Crippen LogP contribution in [-0.4, -0.2) is 52.8 Å². The van der Waals surface area contributed by atoms with Crippen molar-refractivity contribution in [2.24, 2.45) is 5.92 Å². The number of carboxylic acid groups (broad SMARTS) is 1. The number of Topliss-reactive ketones (excluding diaryl/α,β-unsaturated/α-hetero) is 1. The molecule has 1 heterocycles. The van der Waals surface area contributed by atoms with Crippen LogP contribution in [0, 0.1) is 5.92 Å². The summed E-state index contributed by atoms with van der Waals surface area (Å²) in [5, 5.41) is 11.9. The first-order valence-corrected chi connectivity index (χ1v) is 7.09. The molecule has 114 valence electrons. The minimum Gasteiger partial charge on any atom is -0.480 e. The van der Waals surface area contributed by atoms with Gasteiger partial charge in [0, 0.05) is 0 Å². The standard InChI is InChI=1S/C14H24N2O4/c1-9(2)13(10(3)17)15-12(18)8-16-7-5-4-6-11(16)14(19)20/h9,11,13H,4-8H2,1-3H3,(H,15,18)(H,19,20). The van der Waals surface area contributed by atoms with Crippen molar-refractivity contribution in [2.45, 2.75) is 52.1 Å². The second-order valence-electron chi connectivity index (χ2n) is 5.72. The molecule has 0 aromatic heterocycles. The van der Waals surface area contributed by atoms with E-state index in [2.05, 4.69) is 5.32 Å². The summed E-state index contributed by atoms with van der Waals surface area (Å²) in [7, 11) is 0. The molecule has 0 aromatic carbocycles. The van der Waals surface area contributed by atoms with Gasteiger partial charge in [-0.3, -0.25) is 19.3 Å². The molecule has 0 aliphatic carbocycles. The maximum absolute atomic E-state index is 12.0. The Morgan fingerprint density at radius 3 is 2.45 bits per heavy atom. The highest BCUT2D eigenvalue weighted by Gasteiger charge is 2.30. The molecule has 6 heteroatoms. The Labute approximate surface area is 119 Å². The predicted molar refractivity (Wildman–Crippen MR) is 74.3 cm³/mol. The van der Waals surface area contributed by atoms with Crippen molar-refractivity contribution in [3.63, 3.8) is 0 Å². The average Bonchev–Trinajstić information content (AvgIpc) is 2.35. The zero-order chi connectivity index (χ0) is 15.3. The first-order valence-electron chi connectivity index (χ1n) is 7.09. The van der Waals surface area contributed by atoms with E-state index < -0.39 is 18.1 Å². The fourth-order valence-electron chi connectivity index (χ4n) is 2.60. The van der Waals surface area contributed by atoms with Gasteiger partial charge >= 0.3 is 5.97 Å². The van der Waals surface area contributed by atoms with E-state index in [4.69, 9.17) is 5.11 Å². The number of hydrogen-bond acceptors (Lipinski definition) is 4. The van der Waals surface area contributed by atoms with Gasteiger partial charge in [0.15, 0.2) is 5.78 Å². The molecule has 0 radical (unpaired) electrons. The minimum absolute atomic E-state index is 0.0214. The number of piperidine rings is 1. The summed E-state index contributed by atoms with van der Waals surface area (Å²) in [6.45, 7) is 5.83. The number of ketones is 1. The van der Waals surface area contributed by atoms with Gasteiger partial charge in [0.2, 0.25) is 5.91 Å². The lowest BCUT2D eigenvalue weighted by atomic mass is 10.00. The Hall–Kier alpha value is -1.43. The molecule has 0 saturated carbocycles. The SMILES string of the molecule is CC(=O)C(NC(=O)CN1CCCCC1C(=O)O)C(C)C. The summed E-state index contributed by atoms with van der Waals surface area (Å²) < 4.78 is 0. The molecule has 1 saturated heterocycles. The van der Waals surface area contributed by atoms with E-state index in [0.717, 1.165) is 12.8 Å². The molecule has 6 nitrogen and oxygen atoms in total. The highest BCUT2D eigenvalue weighted by atomic mass is 16.4. The predicted octanol–water partition coefficient (Wildman–Crippen LogP) is 0.655. The van der Waals surface area contributed by atoms with Crippen molar-refractivity contribution in [1.29, 1.82) is 0 Å². The molecule has 1 amide bonds. The number of nitrogens with zero attached hydrogens (tertiary/aromatic N) is 1. The molecule has 1 aliphatic rings. The molecule has 0 aromatic rings. The summed E-state index contributed by atoms with van der Waals surface area (Å²) in [5.41, 5.74) is 0. The van der Waals surface area contributed by atoms with E-state index in [9.17, 15) is 14.4 Å². The Morgan fingerprint density at radius 1 is 1.30 bits per heavy atom. The summed E-state index contributed by atoms with van der Waals surface area (Å²) in [5.74, 6) is -1.23. The topological polar surface area (TPSA) is 86.7 Å². The normalized spacial score (nSPS) is 21.5. The third kappa shape index (κ3) is 4.59. The van der Waals surface area contributed by atoms with Crippen LogP contribution in [0.1, 0.15) is 40.0 Å². The van der Waals surface area contributed by atoms with Crippen LogP contribution >= 0.6 is 0 Å². The monoisotopic (exact) mass is 284 g/mol. The Morgan fingerprint density at radius 2 is 1.95 bits per heavy atom. The lowest BCUT2D eigenvalue weighted by Gasteiger charge is -2.32. The zero-order valence-electron chi connectivity index (χ0n) is 12.4. The highest BCUT2D eigenvalue weighted by Crippen LogP contribution is 2.16. The maximum Gasteiger partial charge on any atom is 0.320 e. The number of hydrogen-bond donors (Lipinski definition) is 2. The average molecular weight is 284 g/mol. The van der Waals surface area contributed by atoms with Crippen LogP contribution in [0.25, 0.3) is 0 Å². The molecule has 20 heavy (non-hydrogen) atoms. The molecule has 2 unspecified atom stereocenters. The van der Waals surface area contributed by atoms with Gasteiger partial charge in [0.05, 0.1) is 12.6 Å². The van der Waals surface area contributed by atoms with E-state index in [0.29, 0.717) is 13.0 Å². The van der Waals surface area contributed by atoms with Crippen LogP contribution in [0.3, 0.4) is 0 Å². The van der Waals surface area contributed by atoms with Gasteiger partial charge in [-0.2, -0.15) is 0 Å². The minimum atomic E-state index is -0.885. The molecule has 1 aliphatic heterocycles. The van der Waals surface area contributed by atoms with Gasteiger partial charge in [-0.1, -0.05) is 20.3 Å². The van der Waals surface area contributed by atoms with Crippen molar-refractivity contribution in [1.82, 2.24) is 10.2 Å². The number of rotatable bonds is 6. The van der Waals surface area contributed by atoms with Gasteiger partial charge in [0.25, 0.3) is 0 Å². The summed E-state index contributed by atoms with van der Waals surface area (Å²) in [6, 6.07) is -1.10. The van der Waals surface area contributed by atoms with Crippen LogP contribution in [0.5, 0.6) is 0 Å². The van der Waals surface area contributed by atoms with E-state index in [1.165, 1.54) is 6.92 Å². The Kier molecular flexibility index (Phi) is 6.13. The lowest BCUT2D eigenvalue weighted by Crippen LogP contribution is -2.52. The van der Waals surface area contributed by atoms with Gasteiger partial charge < -0.3 is 10.4 Å². The molecule has 2 atom stereocenters. The molecule has 0 spiro atoms. The number of amides is 1. The zero-order valence-corrected chi connectivity index (χ0v) is 12.4. The maximum atomic E-state index is 12.0. The first-order chi connectivity index (χ1) is 9.32. The summed E-state index contributed by atoms with van der Waals surface area (Å²) in [6.07, 6.45) is 2.34. The number of aliphatic carboxylic acids is 1. The van der Waals surface area contributed by atoms with Crippen molar-refractivity contribution in [3.05, 3.63) is 0 Å². The molecule has 2 N–H and O–H groups in total. The van der Waals surface area contributed by atoms with Crippen molar-refractivity contribution < 1.29 is 19.5 Å². The third-order valence-electron chi connectivity index (χ3n) is 3.67. The smallest absolute Gasteiger partial charge is 0.320 e. The number of carbonyl (C=O) groups is 3. The summed E-state index contributed by atoms with van der Waals surface area (Å²) >= 11 is 0. The van der Waals surface area contributed by atoms with Crippen LogP contribution in [0.2, 0.25) is 0 Å². The van der Waals surface area contributed by atoms with E-state index >= 15 is 0 Å². The van der Waals surface area contributed by atoms with Crippen LogP contribution in [0.4, 0.5) is 0 Å². The van der Waals surface area contributed by atoms with E-state index in [1.54, 1.807) is 4.90 Å². The fraction of sp³-hybridized carbons (Fsp3) is 0.786. The Balaban J connectivity index is 2.59. The fourth-order valence-corrected chi connectivity index (χ4v) is 2.60. The van der Waals surface area contributed by atoms with Crippen LogP contribution < -0.4 is 5.32 Å². The largest absolute Gasteiger partial charge is 0.480 e. The van der Waals surface area contributed by atoms with Gasteiger partial charge in [-0.05, 0) is 32.2 Å². The van der Waals surface area contributed by atoms with Crippen molar-refractivity contribution in [2.75, 3.05) is 13.1 Å². The van der Waals surface area contributed by atoms with Crippen LogP contribution in [0.15, 0.2) is 0 Å². The third-order valence-corrected chi connectivity index (χ3v) is 3.67. The summed E-state index contributed by atoms with van der Waals surface area (Å²) in [4.78, 5) is 36.3. The highest BCUT2D eigenvalue weighted by molar-refractivity contribution is 5.88. The quantitative estimate of drug-likeness (QED) is 0.748. The van der Waals surface area contributed by atoms with Crippen molar-refractivity contribution >= 4 is 17.7 Å². The Bertz CT molecular complexity index is 381. The molecular weight excluding hydrogens is 260 g/mol. The molecule has 0 bridgehead atoms. The van der Waals surface area contributed by atoms with Crippen molar-refractivity contribution in [3.8, 4) is 0 Å².